The SMILES string of the molecule is C1=c2ccc3c4c(ccc(c24)=CN1C1CCCCC1)=CN(C1CCCCC1)C=3. The summed E-state index contributed by atoms with van der Waals surface area (Å²) in [6.45, 7) is 0. The smallest absolute Gasteiger partial charge is 0.0331 e. The van der Waals surface area contributed by atoms with E-state index in [4.69, 9.17) is 0 Å². The summed E-state index contributed by atoms with van der Waals surface area (Å²) in [5, 5.41) is 8.51. The molecule has 0 unspecified atom stereocenters. The zero-order chi connectivity index (χ0) is 18.5. The van der Waals surface area contributed by atoms with Gasteiger partial charge < -0.3 is 9.80 Å². The number of nitrogens with zero attached hydrogens (tertiary/aromatic N) is 2. The average Bonchev–Trinajstić information content (AvgIpc) is 2.78. The molecule has 0 bridgehead atoms. The minimum atomic E-state index is 0.684. The molecule has 0 aromatic heterocycles. The van der Waals surface area contributed by atoms with E-state index < -0.39 is 0 Å². The average molecular weight is 371 g/mol. The quantitative estimate of drug-likeness (QED) is 0.802. The summed E-state index contributed by atoms with van der Waals surface area (Å²) < 4.78 is 0. The lowest BCUT2D eigenvalue weighted by Gasteiger charge is -2.33. The minimum Gasteiger partial charge on any atom is -0.350 e. The first-order valence-electron chi connectivity index (χ1n) is 11.4. The van der Waals surface area contributed by atoms with Crippen molar-refractivity contribution in [2.24, 2.45) is 0 Å². The van der Waals surface area contributed by atoms with Gasteiger partial charge in [-0.3, -0.25) is 0 Å². The van der Waals surface area contributed by atoms with Crippen molar-refractivity contribution in [3.8, 4) is 0 Å². The molecule has 28 heavy (non-hydrogen) atoms. The molecule has 0 saturated heterocycles. The molecular weight excluding hydrogens is 340 g/mol. The Labute approximate surface area is 167 Å². The highest BCUT2D eigenvalue weighted by molar-refractivity contribution is 5.89. The van der Waals surface area contributed by atoms with Crippen LogP contribution in [0.25, 0.3) is 35.6 Å². The molecule has 2 aliphatic heterocycles. The van der Waals surface area contributed by atoms with Gasteiger partial charge in [-0.1, -0.05) is 62.8 Å². The molecule has 2 heterocycles. The van der Waals surface area contributed by atoms with Crippen LogP contribution in [-0.4, -0.2) is 21.9 Å². The molecule has 2 aromatic carbocycles. The molecule has 2 nitrogen and oxygen atoms in total. The van der Waals surface area contributed by atoms with Gasteiger partial charge in [-0.25, -0.2) is 0 Å². The first-order valence-corrected chi connectivity index (χ1v) is 11.4. The van der Waals surface area contributed by atoms with E-state index in [1.807, 2.05) is 0 Å². The maximum Gasteiger partial charge on any atom is 0.0331 e. The van der Waals surface area contributed by atoms with E-state index in [2.05, 4.69) is 58.9 Å². The van der Waals surface area contributed by atoms with Crippen LogP contribution in [0.3, 0.4) is 0 Å². The van der Waals surface area contributed by atoms with Crippen LogP contribution >= 0.6 is 0 Å². The van der Waals surface area contributed by atoms with E-state index in [1.165, 1.54) is 95.9 Å². The molecule has 6 rings (SSSR count). The molecule has 0 amide bonds. The van der Waals surface area contributed by atoms with Gasteiger partial charge in [0.05, 0.1) is 0 Å². The van der Waals surface area contributed by atoms with Crippen molar-refractivity contribution in [2.45, 2.75) is 76.3 Å². The highest BCUT2D eigenvalue weighted by atomic mass is 15.1. The van der Waals surface area contributed by atoms with Gasteiger partial charge in [0.25, 0.3) is 0 Å². The summed E-state index contributed by atoms with van der Waals surface area (Å²) in [6, 6.07) is 10.8. The fourth-order valence-corrected chi connectivity index (χ4v) is 5.93. The van der Waals surface area contributed by atoms with Gasteiger partial charge in [0.2, 0.25) is 0 Å². The van der Waals surface area contributed by atoms with Crippen molar-refractivity contribution in [2.75, 3.05) is 0 Å². The summed E-state index contributed by atoms with van der Waals surface area (Å²) in [7, 11) is 0. The fraction of sp³-hybridized carbons (Fsp3) is 0.462. The van der Waals surface area contributed by atoms with Crippen molar-refractivity contribution in [1.29, 1.82) is 0 Å². The normalized spacial score (nSPS) is 22.3. The predicted octanol–water partition coefficient (Wildman–Crippen LogP) is 3.09. The molecule has 2 aliphatic carbocycles. The molecule has 0 N–H and O–H groups in total. The largest absolute Gasteiger partial charge is 0.350 e. The van der Waals surface area contributed by atoms with Gasteiger partial charge in [-0.05, 0) is 46.6 Å². The summed E-state index contributed by atoms with van der Waals surface area (Å²) in [4.78, 5) is 5.03. The highest BCUT2D eigenvalue weighted by Crippen LogP contribution is 2.25. The van der Waals surface area contributed by atoms with E-state index in [0.29, 0.717) is 12.1 Å². The second-order valence-electron chi connectivity index (χ2n) is 9.23. The molecular formula is C26H30N2. The summed E-state index contributed by atoms with van der Waals surface area (Å²) >= 11 is 0. The highest BCUT2D eigenvalue weighted by Gasteiger charge is 2.21. The zero-order valence-electron chi connectivity index (χ0n) is 16.7. The van der Waals surface area contributed by atoms with Crippen molar-refractivity contribution in [1.82, 2.24) is 9.80 Å². The Kier molecular flexibility index (Phi) is 3.99. The number of benzene rings is 2. The minimum absolute atomic E-state index is 0.684. The third-order valence-corrected chi connectivity index (χ3v) is 7.43. The van der Waals surface area contributed by atoms with Crippen LogP contribution in [0.1, 0.15) is 64.2 Å². The summed E-state index contributed by atoms with van der Waals surface area (Å²) in [6.07, 6.45) is 23.3. The standard InChI is InChI=1S/C26H30N2/c1-3-7-23(8-4-1)27-15-19-11-13-21-17-28(24-9-5-2-6-10-24)18-22-14-12-20(16-27)25(19)26(21)22/h11-18,23-24H,1-10H2. The first-order chi connectivity index (χ1) is 13.9. The third kappa shape index (κ3) is 2.69. The Morgan fingerprint density at radius 3 is 1.11 bits per heavy atom. The van der Waals surface area contributed by atoms with E-state index in [1.54, 1.807) is 0 Å². The number of hydrogen-bond donors (Lipinski definition) is 0. The van der Waals surface area contributed by atoms with Crippen LogP contribution in [0.15, 0.2) is 24.3 Å². The Balaban J connectivity index is 1.48. The van der Waals surface area contributed by atoms with Gasteiger partial charge in [0.15, 0.2) is 0 Å². The lowest BCUT2D eigenvalue weighted by molar-refractivity contribution is 0.312. The second kappa shape index (κ2) is 6.69. The van der Waals surface area contributed by atoms with Crippen LogP contribution in [0.2, 0.25) is 0 Å². The van der Waals surface area contributed by atoms with Crippen molar-refractivity contribution >= 4 is 35.6 Å². The number of rotatable bonds is 2. The molecule has 0 atom stereocenters. The van der Waals surface area contributed by atoms with Crippen LogP contribution in [0.5, 0.6) is 0 Å². The summed E-state index contributed by atoms with van der Waals surface area (Å²) in [5.41, 5.74) is 0. The third-order valence-electron chi connectivity index (χ3n) is 7.43. The van der Waals surface area contributed by atoms with E-state index in [-0.39, 0.29) is 0 Å². The zero-order valence-corrected chi connectivity index (χ0v) is 16.7. The Bertz CT molecular complexity index is 984. The predicted molar refractivity (Wildman–Crippen MR) is 118 cm³/mol. The lowest BCUT2D eigenvalue weighted by Crippen LogP contribution is -2.40. The Morgan fingerprint density at radius 2 is 0.786 bits per heavy atom. The van der Waals surface area contributed by atoms with Gasteiger partial charge in [-0.2, -0.15) is 0 Å². The van der Waals surface area contributed by atoms with E-state index >= 15 is 0 Å². The van der Waals surface area contributed by atoms with Crippen molar-refractivity contribution in [3.63, 3.8) is 0 Å². The first kappa shape index (κ1) is 16.7. The van der Waals surface area contributed by atoms with Crippen molar-refractivity contribution < 1.29 is 0 Å². The maximum atomic E-state index is 2.52. The maximum absolute atomic E-state index is 2.52. The lowest BCUT2D eigenvalue weighted by atomic mass is 9.92. The monoisotopic (exact) mass is 370 g/mol. The Hall–Kier alpha value is -2.22. The molecule has 0 spiro atoms. The van der Waals surface area contributed by atoms with Crippen LogP contribution in [0.4, 0.5) is 0 Å². The van der Waals surface area contributed by atoms with Crippen LogP contribution in [0, 0.1) is 0 Å². The van der Waals surface area contributed by atoms with Gasteiger partial charge in [-0.15, -0.1) is 0 Å². The van der Waals surface area contributed by atoms with Gasteiger partial charge in [0.1, 0.15) is 0 Å². The molecule has 2 aromatic rings. The molecule has 2 fully saturated rings. The molecule has 2 heteroatoms. The second-order valence-corrected chi connectivity index (χ2v) is 9.23. The molecule has 4 aliphatic rings. The van der Waals surface area contributed by atoms with Crippen LogP contribution in [-0.2, 0) is 0 Å². The Morgan fingerprint density at radius 1 is 0.464 bits per heavy atom. The van der Waals surface area contributed by atoms with E-state index in [9.17, 15) is 0 Å². The molecule has 0 radical (unpaired) electrons. The van der Waals surface area contributed by atoms with Gasteiger partial charge >= 0.3 is 0 Å². The molecule has 144 valence electrons. The summed E-state index contributed by atoms with van der Waals surface area (Å²) in [5.74, 6) is 0. The van der Waals surface area contributed by atoms with Crippen molar-refractivity contribution in [3.05, 3.63) is 45.1 Å². The number of hydrogen-bond acceptors (Lipinski definition) is 2. The van der Waals surface area contributed by atoms with Crippen LogP contribution < -0.4 is 20.9 Å². The fourth-order valence-electron chi connectivity index (χ4n) is 5.93. The topological polar surface area (TPSA) is 6.48 Å². The molecule has 2 saturated carbocycles. The van der Waals surface area contributed by atoms with E-state index in [0.717, 1.165) is 0 Å². The van der Waals surface area contributed by atoms with Gasteiger partial charge in [0, 0.05) is 47.7 Å².